The van der Waals surface area contributed by atoms with Gasteiger partial charge in [-0.05, 0) is 36.8 Å². The van der Waals surface area contributed by atoms with E-state index in [0.29, 0.717) is 11.4 Å². The molecular formula is C17H15F3N2O2. The van der Waals surface area contributed by atoms with Gasteiger partial charge in [-0.2, -0.15) is 13.2 Å². The number of para-hydroxylation sites is 1. The van der Waals surface area contributed by atoms with Crippen LogP contribution in [0.15, 0.2) is 42.5 Å². The third kappa shape index (κ3) is 3.15. The number of nitrogens with one attached hydrogen (secondary N) is 1. The summed E-state index contributed by atoms with van der Waals surface area (Å²) >= 11 is 0. The van der Waals surface area contributed by atoms with Crippen molar-refractivity contribution in [3.8, 4) is 5.75 Å². The molecule has 1 aliphatic rings. The van der Waals surface area contributed by atoms with E-state index in [2.05, 4.69) is 5.32 Å². The second kappa shape index (κ2) is 6.07. The summed E-state index contributed by atoms with van der Waals surface area (Å²) in [6.07, 6.45) is -4.54. The molecule has 0 fully saturated rings. The number of ether oxygens (including phenoxy) is 1. The topological polar surface area (TPSA) is 41.6 Å². The summed E-state index contributed by atoms with van der Waals surface area (Å²) in [4.78, 5) is 13.9. The van der Waals surface area contributed by atoms with Gasteiger partial charge in [-0.1, -0.05) is 18.2 Å². The SMILES string of the molecule is Cc1ccc2c(c1)N(C(=O)Nc1ccccc1C(F)(F)F)CCO2. The first-order valence-corrected chi connectivity index (χ1v) is 7.34. The van der Waals surface area contributed by atoms with Crippen LogP contribution in [0.3, 0.4) is 0 Å². The van der Waals surface area contributed by atoms with Gasteiger partial charge >= 0.3 is 12.2 Å². The Morgan fingerprint density at radius 1 is 1.21 bits per heavy atom. The quantitative estimate of drug-likeness (QED) is 0.836. The van der Waals surface area contributed by atoms with E-state index >= 15 is 0 Å². The van der Waals surface area contributed by atoms with E-state index in [1.807, 2.05) is 13.0 Å². The van der Waals surface area contributed by atoms with Crippen LogP contribution in [0.2, 0.25) is 0 Å². The first-order valence-electron chi connectivity index (χ1n) is 7.34. The van der Waals surface area contributed by atoms with Gasteiger partial charge in [-0.3, -0.25) is 4.90 Å². The molecule has 0 saturated heterocycles. The van der Waals surface area contributed by atoms with Gasteiger partial charge in [0.05, 0.1) is 23.5 Å². The first kappa shape index (κ1) is 16.2. The van der Waals surface area contributed by atoms with Gasteiger partial charge in [-0.15, -0.1) is 0 Å². The number of benzene rings is 2. The minimum Gasteiger partial charge on any atom is -0.490 e. The average molecular weight is 336 g/mol. The van der Waals surface area contributed by atoms with E-state index in [-0.39, 0.29) is 18.8 Å². The van der Waals surface area contributed by atoms with Crippen LogP contribution in [0, 0.1) is 6.92 Å². The van der Waals surface area contributed by atoms with Crippen molar-refractivity contribution in [1.82, 2.24) is 0 Å². The Hall–Kier alpha value is -2.70. The van der Waals surface area contributed by atoms with Gasteiger partial charge in [0.15, 0.2) is 0 Å². The van der Waals surface area contributed by atoms with Gasteiger partial charge in [0.2, 0.25) is 0 Å². The molecule has 0 atom stereocenters. The fourth-order valence-corrected chi connectivity index (χ4v) is 2.56. The van der Waals surface area contributed by atoms with Crippen molar-refractivity contribution in [2.75, 3.05) is 23.4 Å². The number of halogens is 3. The predicted octanol–water partition coefficient (Wildman–Crippen LogP) is 4.44. The summed E-state index contributed by atoms with van der Waals surface area (Å²) in [5.41, 5.74) is 0.322. The summed E-state index contributed by atoms with van der Waals surface area (Å²) in [5, 5.41) is 2.36. The van der Waals surface area contributed by atoms with Crippen molar-refractivity contribution in [3.05, 3.63) is 53.6 Å². The number of carbonyl (C=O) groups excluding carboxylic acids is 1. The fourth-order valence-electron chi connectivity index (χ4n) is 2.56. The summed E-state index contributed by atoms with van der Waals surface area (Å²) in [5.74, 6) is 0.533. The van der Waals surface area contributed by atoms with Crippen LogP contribution in [-0.4, -0.2) is 19.2 Å². The van der Waals surface area contributed by atoms with Crippen molar-refractivity contribution < 1.29 is 22.7 Å². The molecule has 0 spiro atoms. The smallest absolute Gasteiger partial charge is 0.418 e. The molecule has 2 aromatic rings. The van der Waals surface area contributed by atoms with Gasteiger partial charge in [-0.25, -0.2) is 4.79 Å². The Kier molecular flexibility index (Phi) is 4.09. The number of hydrogen-bond donors (Lipinski definition) is 1. The number of alkyl halides is 3. The molecule has 0 unspecified atom stereocenters. The average Bonchev–Trinajstić information content (AvgIpc) is 2.53. The van der Waals surface area contributed by atoms with Crippen LogP contribution in [0.1, 0.15) is 11.1 Å². The van der Waals surface area contributed by atoms with Crippen LogP contribution in [0.5, 0.6) is 5.75 Å². The molecule has 0 radical (unpaired) electrons. The van der Waals surface area contributed by atoms with Crippen molar-refractivity contribution in [3.63, 3.8) is 0 Å². The van der Waals surface area contributed by atoms with Crippen LogP contribution in [0.4, 0.5) is 29.3 Å². The molecule has 0 saturated carbocycles. The highest BCUT2D eigenvalue weighted by atomic mass is 19.4. The van der Waals surface area contributed by atoms with E-state index in [1.165, 1.54) is 23.1 Å². The first-order chi connectivity index (χ1) is 11.4. The molecular weight excluding hydrogens is 321 g/mol. The van der Waals surface area contributed by atoms with Crippen molar-refractivity contribution >= 4 is 17.4 Å². The molecule has 0 aromatic heterocycles. The fraction of sp³-hybridized carbons (Fsp3) is 0.235. The van der Waals surface area contributed by atoms with E-state index in [4.69, 9.17) is 4.74 Å². The monoisotopic (exact) mass is 336 g/mol. The Labute approximate surface area is 136 Å². The molecule has 3 rings (SSSR count). The molecule has 24 heavy (non-hydrogen) atoms. The van der Waals surface area contributed by atoms with Crippen molar-refractivity contribution in [2.24, 2.45) is 0 Å². The van der Waals surface area contributed by atoms with Crippen LogP contribution in [0.25, 0.3) is 0 Å². The zero-order chi connectivity index (χ0) is 17.3. The molecule has 2 amide bonds. The lowest BCUT2D eigenvalue weighted by Gasteiger charge is -2.30. The zero-order valence-corrected chi connectivity index (χ0v) is 12.9. The number of nitrogens with zero attached hydrogens (tertiary/aromatic N) is 1. The van der Waals surface area contributed by atoms with E-state index in [1.54, 1.807) is 12.1 Å². The molecule has 1 heterocycles. The lowest BCUT2D eigenvalue weighted by Crippen LogP contribution is -2.41. The number of carbonyl (C=O) groups is 1. The highest BCUT2D eigenvalue weighted by Gasteiger charge is 2.34. The molecule has 1 aliphatic heterocycles. The number of amides is 2. The van der Waals surface area contributed by atoms with Crippen LogP contribution < -0.4 is 15.0 Å². The third-order valence-electron chi connectivity index (χ3n) is 3.70. The van der Waals surface area contributed by atoms with E-state index < -0.39 is 17.8 Å². The molecule has 7 heteroatoms. The lowest BCUT2D eigenvalue weighted by molar-refractivity contribution is -0.136. The van der Waals surface area contributed by atoms with Gasteiger partial charge in [0, 0.05) is 0 Å². The molecule has 126 valence electrons. The third-order valence-corrected chi connectivity index (χ3v) is 3.70. The van der Waals surface area contributed by atoms with Gasteiger partial charge < -0.3 is 10.1 Å². The van der Waals surface area contributed by atoms with Crippen molar-refractivity contribution in [1.29, 1.82) is 0 Å². The van der Waals surface area contributed by atoms with E-state index in [0.717, 1.165) is 11.6 Å². The summed E-state index contributed by atoms with van der Waals surface area (Å²) < 4.78 is 44.6. The summed E-state index contributed by atoms with van der Waals surface area (Å²) in [6, 6.07) is 9.64. The van der Waals surface area contributed by atoms with Crippen LogP contribution >= 0.6 is 0 Å². The highest BCUT2D eigenvalue weighted by Crippen LogP contribution is 2.36. The van der Waals surface area contributed by atoms with E-state index in [9.17, 15) is 18.0 Å². The number of hydrogen-bond acceptors (Lipinski definition) is 2. The largest absolute Gasteiger partial charge is 0.490 e. The number of urea groups is 1. The normalized spacial score (nSPS) is 13.9. The molecule has 0 aliphatic carbocycles. The number of aryl methyl sites for hydroxylation is 1. The van der Waals surface area contributed by atoms with Crippen molar-refractivity contribution in [2.45, 2.75) is 13.1 Å². The standard InChI is InChI=1S/C17H15F3N2O2/c1-11-6-7-15-14(10-11)22(8-9-24-15)16(23)21-13-5-3-2-4-12(13)17(18,19)20/h2-7,10H,8-9H2,1H3,(H,21,23). The Bertz CT molecular complexity index is 775. The van der Waals surface area contributed by atoms with Gasteiger partial charge in [0.1, 0.15) is 12.4 Å². The second-order valence-corrected chi connectivity index (χ2v) is 5.44. The Morgan fingerprint density at radius 2 is 1.96 bits per heavy atom. The lowest BCUT2D eigenvalue weighted by atomic mass is 10.1. The number of anilines is 2. The predicted molar refractivity (Wildman–Crippen MR) is 84.5 cm³/mol. The zero-order valence-electron chi connectivity index (χ0n) is 12.9. The summed E-state index contributed by atoms with van der Waals surface area (Å²) in [6.45, 7) is 2.41. The second-order valence-electron chi connectivity index (χ2n) is 5.44. The molecule has 2 aromatic carbocycles. The van der Waals surface area contributed by atoms with Gasteiger partial charge in [0.25, 0.3) is 0 Å². The Balaban J connectivity index is 1.89. The minimum absolute atomic E-state index is 0.260. The molecule has 0 bridgehead atoms. The summed E-state index contributed by atoms with van der Waals surface area (Å²) in [7, 11) is 0. The molecule has 1 N–H and O–H groups in total. The minimum atomic E-state index is -4.54. The van der Waals surface area contributed by atoms with Crippen LogP contribution in [-0.2, 0) is 6.18 Å². The molecule has 4 nitrogen and oxygen atoms in total. The number of fused-ring (bicyclic) bond motifs is 1. The maximum absolute atomic E-state index is 13.0. The maximum atomic E-state index is 13.0. The highest BCUT2D eigenvalue weighted by molar-refractivity contribution is 6.03. The number of rotatable bonds is 1. The maximum Gasteiger partial charge on any atom is 0.418 e. The Morgan fingerprint density at radius 3 is 2.71 bits per heavy atom.